The number of benzene rings is 2. The van der Waals surface area contributed by atoms with Crippen LogP contribution >= 0.6 is 11.8 Å². The molecule has 0 bridgehead atoms. The quantitative estimate of drug-likeness (QED) is 0.591. The fourth-order valence-corrected chi connectivity index (χ4v) is 3.23. The van der Waals surface area contributed by atoms with Crippen molar-refractivity contribution in [1.82, 2.24) is 9.78 Å². The van der Waals surface area contributed by atoms with Gasteiger partial charge >= 0.3 is 0 Å². The van der Waals surface area contributed by atoms with Crippen molar-refractivity contribution in [3.8, 4) is 22.8 Å². The van der Waals surface area contributed by atoms with E-state index >= 15 is 0 Å². The maximum absolute atomic E-state index is 13.1. The molecule has 0 N–H and O–H groups in total. The van der Waals surface area contributed by atoms with E-state index in [0.717, 1.165) is 16.2 Å². The molecule has 0 saturated heterocycles. The van der Waals surface area contributed by atoms with Crippen LogP contribution in [0.4, 0.5) is 4.39 Å². The van der Waals surface area contributed by atoms with E-state index in [1.54, 1.807) is 38.5 Å². The van der Waals surface area contributed by atoms with Crippen LogP contribution in [0.3, 0.4) is 0 Å². The highest BCUT2D eigenvalue weighted by molar-refractivity contribution is 7.98. The average molecular weight is 386 g/mol. The molecule has 0 atom stereocenters. The van der Waals surface area contributed by atoms with Crippen molar-refractivity contribution in [3.05, 3.63) is 59.9 Å². The van der Waals surface area contributed by atoms with Crippen LogP contribution < -0.4 is 9.47 Å². The number of halogens is 1. The maximum atomic E-state index is 13.1. The van der Waals surface area contributed by atoms with Gasteiger partial charge in [0, 0.05) is 5.56 Å². The van der Waals surface area contributed by atoms with Crippen molar-refractivity contribution in [3.63, 3.8) is 0 Å². The van der Waals surface area contributed by atoms with E-state index in [4.69, 9.17) is 9.47 Å². The first-order chi connectivity index (χ1) is 13.0. The van der Waals surface area contributed by atoms with Gasteiger partial charge in [0.25, 0.3) is 5.91 Å². The molecule has 0 spiro atoms. The molecule has 0 fully saturated rings. The highest BCUT2D eigenvalue weighted by Crippen LogP contribution is 2.29. The van der Waals surface area contributed by atoms with E-state index in [-0.39, 0.29) is 18.1 Å². The lowest BCUT2D eigenvalue weighted by Crippen LogP contribution is -2.16. The van der Waals surface area contributed by atoms with Crippen LogP contribution in [0, 0.1) is 5.82 Å². The first-order valence-electron chi connectivity index (χ1n) is 8.19. The first-order valence-corrected chi connectivity index (χ1v) is 9.42. The minimum atomic E-state index is -0.312. The Hall–Kier alpha value is -2.80. The lowest BCUT2D eigenvalue weighted by atomic mass is 10.1. The Balaban J connectivity index is 1.87. The zero-order valence-electron chi connectivity index (χ0n) is 15.2. The summed E-state index contributed by atoms with van der Waals surface area (Å²) in [5, 5.41) is 5.14. The number of hydrogen-bond acceptors (Lipinski definition) is 5. The molecule has 3 rings (SSSR count). The smallest absolute Gasteiger partial charge is 0.252 e. The molecule has 0 radical (unpaired) electrons. The summed E-state index contributed by atoms with van der Waals surface area (Å²) in [5.74, 6) is 0.698. The summed E-state index contributed by atoms with van der Waals surface area (Å²) in [5.41, 5.74) is 2.17. The molecule has 5 nitrogen and oxygen atoms in total. The number of nitrogens with zero attached hydrogens (tertiary/aromatic N) is 2. The van der Waals surface area contributed by atoms with Gasteiger partial charge in [0.2, 0.25) is 0 Å². The SMILES string of the molecule is COc1ccc(CC(=O)n2nc(-c3ccc(F)cc3)cc2SC)cc1OC. The summed E-state index contributed by atoms with van der Waals surface area (Å²) in [6.07, 6.45) is 2.05. The molecule has 3 aromatic rings. The Kier molecular flexibility index (Phi) is 5.81. The zero-order valence-corrected chi connectivity index (χ0v) is 16.0. The molecule has 0 aliphatic heterocycles. The fraction of sp³-hybridized carbons (Fsp3) is 0.200. The maximum Gasteiger partial charge on any atom is 0.252 e. The van der Waals surface area contributed by atoms with E-state index in [0.29, 0.717) is 17.2 Å². The highest BCUT2D eigenvalue weighted by Gasteiger charge is 2.16. The van der Waals surface area contributed by atoms with Gasteiger partial charge in [-0.2, -0.15) is 9.78 Å². The molecule has 1 heterocycles. The number of ether oxygens (including phenoxy) is 2. The predicted molar refractivity (Wildman–Crippen MR) is 103 cm³/mol. The van der Waals surface area contributed by atoms with Crippen LogP contribution in [0.25, 0.3) is 11.3 Å². The Morgan fingerprint density at radius 2 is 1.78 bits per heavy atom. The van der Waals surface area contributed by atoms with E-state index < -0.39 is 0 Å². The molecule has 0 amide bonds. The summed E-state index contributed by atoms with van der Waals surface area (Å²) < 4.78 is 25.0. The van der Waals surface area contributed by atoms with Gasteiger partial charge in [0.15, 0.2) is 11.5 Å². The lowest BCUT2D eigenvalue weighted by molar-refractivity contribution is 0.0887. The fourth-order valence-electron chi connectivity index (χ4n) is 2.69. The number of thioether (sulfide) groups is 1. The standard InChI is InChI=1S/C20H19FN2O3S/c1-25-17-9-4-13(10-18(17)26-2)11-19(24)23-20(27-3)12-16(22-23)14-5-7-15(21)8-6-14/h4-10,12H,11H2,1-3H3. The minimum Gasteiger partial charge on any atom is -0.493 e. The third-order valence-corrected chi connectivity index (χ3v) is 4.77. The number of carbonyl (C=O) groups is 1. The minimum absolute atomic E-state index is 0.165. The second-order valence-electron chi connectivity index (χ2n) is 5.75. The van der Waals surface area contributed by atoms with Crippen LogP contribution in [0.5, 0.6) is 11.5 Å². The molecule has 27 heavy (non-hydrogen) atoms. The summed E-state index contributed by atoms with van der Waals surface area (Å²) >= 11 is 1.43. The second kappa shape index (κ2) is 8.26. The number of methoxy groups -OCH3 is 2. The van der Waals surface area contributed by atoms with Gasteiger partial charge < -0.3 is 9.47 Å². The van der Waals surface area contributed by atoms with Crippen LogP contribution in [0.15, 0.2) is 53.6 Å². The van der Waals surface area contributed by atoms with E-state index in [2.05, 4.69) is 5.10 Å². The lowest BCUT2D eigenvalue weighted by Gasteiger charge is -2.09. The summed E-state index contributed by atoms with van der Waals surface area (Å²) in [6.45, 7) is 0. The van der Waals surface area contributed by atoms with Crippen LogP contribution in [0.1, 0.15) is 10.4 Å². The van der Waals surface area contributed by atoms with E-state index in [1.807, 2.05) is 18.4 Å². The topological polar surface area (TPSA) is 53.4 Å². The Morgan fingerprint density at radius 3 is 2.41 bits per heavy atom. The van der Waals surface area contributed by atoms with Gasteiger partial charge in [0.05, 0.1) is 26.3 Å². The van der Waals surface area contributed by atoms with Crippen LogP contribution in [0.2, 0.25) is 0 Å². The molecular weight excluding hydrogens is 367 g/mol. The number of aromatic nitrogens is 2. The summed E-state index contributed by atoms with van der Waals surface area (Å²) in [6, 6.07) is 13.2. The third-order valence-electron chi connectivity index (χ3n) is 4.07. The van der Waals surface area contributed by atoms with Crippen LogP contribution in [-0.2, 0) is 6.42 Å². The van der Waals surface area contributed by atoms with Crippen molar-refractivity contribution in [2.45, 2.75) is 11.4 Å². The molecule has 2 aromatic carbocycles. The Labute approximate surface area is 161 Å². The molecule has 1 aromatic heterocycles. The summed E-state index contributed by atoms with van der Waals surface area (Å²) in [4.78, 5) is 12.8. The zero-order chi connectivity index (χ0) is 19.4. The van der Waals surface area contributed by atoms with Crippen molar-refractivity contribution < 1.29 is 18.7 Å². The number of rotatable bonds is 6. The van der Waals surface area contributed by atoms with Crippen molar-refractivity contribution in [1.29, 1.82) is 0 Å². The van der Waals surface area contributed by atoms with Crippen molar-refractivity contribution >= 4 is 17.7 Å². The molecule has 0 saturated carbocycles. The van der Waals surface area contributed by atoms with Gasteiger partial charge in [-0.25, -0.2) is 4.39 Å². The third kappa shape index (κ3) is 4.14. The first kappa shape index (κ1) is 19.0. The van der Waals surface area contributed by atoms with Gasteiger partial charge in [-0.3, -0.25) is 4.79 Å². The molecule has 7 heteroatoms. The normalized spacial score (nSPS) is 10.7. The largest absolute Gasteiger partial charge is 0.493 e. The predicted octanol–water partition coefficient (Wildman–Crippen LogP) is 4.31. The van der Waals surface area contributed by atoms with Gasteiger partial charge in [-0.15, -0.1) is 11.8 Å². The van der Waals surface area contributed by atoms with Crippen molar-refractivity contribution in [2.75, 3.05) is 20.5 Å². The number of carbonyl (C=O) groups excluding carboxylic acids is 1. The van der Waals surface area contributed by atoms with Gasteiger partial charge in [-0.1, -0.05) is 6.07 Å². The molecule has 140 valence electrons. The Bertz CT molecular complexity index is 954. The molecular formula is C20H19FN2O3S. The molecule has 0 aliphatic rings. The average Bonchev–Trinajstić information content (AvgIpc) is 3.13. The monoisotopic (exact) mass is 386 g/mol. The van der Waals surface area contributed by atoms with E-state index in [9.17, 15) is 9.18 Å². The van der Waals surface area contributed by atoms with Gasteiger partial charge in [0.1, 0.15) is 10.8 Å². The summed E-state index contributed by atoms with van der Waals surface area (Å²) in [7, 11) is 3.12. The molecule has 0 aliphatic carbocycles. The van der Waals surface area contributed by atoms with E-state index in [1.165, 1.54) is 28.6 Å². The highest BCUT2D eigenvalue weighted by atomic mass is 32.2. The van der Waals surface area contributed by atoms with Crippen LogP contribution in [-0.4, -0.2) is 36.2 Å². The Morgan fingerprint density at radius 1 is 1.07 bits per heavy atom. The molecule has 0 unspecified atom stereocenters. The van der Waals surface area contributed by atoms with Gasteiger partial charge in [-0.05, 0) is 54.3 Å². The van der Waals surface area contributed by atoms with Crippen molar-refractivity contribution in [2.24, 2.45) is 0 Å². The number of hydrogen-bond donors (Lipinski definition) is 0. The second-order valence-corrected chi connectivity index (χ2v) is 6.58.